The number of nitrogen functional groups attached to an aromatic ring is 1. The molecular weight excluding hydrogens is 312 g/mol. The number of hydrogen-bond acceptors (Lipinski definition) is 3. The summed E-state index contributed by atoms with van der Waals surface area (Å²) in [6.07, 6.45) is 6.32. The number of rotatable bonds is 3. The molecule has 0 spiro atoms. The molecule has 23 heavy (non-hydrogen) atoms. The largest absolute Gasteiger partial charge is 0.487 e. The highest BCUT2D eigenvalue weighted by molar-refractivity contribution is 5.85. The van der Waals surface area contributed by atoms with E-state index < -0.39 is 0 Å². The van der Waals surface area contributed by atoms with Crippen LogP contribution in [0.15, 0.2) is 18.2 Å². The molecule has 1 saturated carbocycles. The molecule has 1 unspecified atom stereocenters. The highest BCUT2D eigenvalue weighted by Crippen LogP contribution is 2.40. The van der Waals surface area contributed by atoms with Gasteiger partial charge in [0.05, 0.1) is 6.04 Å². The first-order valence-electron chi connectivity index (χ1n) is 8.31. The van der Waals surface area contributed by atoms with Gasteiger partial charge in [0.25, 0.3) is 0 Å². The van der Waals surface area contributed by atoms with E-state index in [1.807, 2.05) is 18.2 Å². The first-order chi connectivity index (χ1) is 10.4. The maximum atomic E-state index is 12.4. The van der Waals surface area contributed by atoms with E-state index in [2.05, 4.69) is 19.2 Å². The Morgan fingerprint density at radius 2 is 2.04 bits per heavy atom. The molecular formula is C18H27ClN2O2. The number of benzene rings is 1. The summed E-state index contributed by atoms with van der Waals surface area (Å²) in [5.74, 6) is 1.55. The average molecular weight is 339 g/mol. The summed E-state index contributed by atoms with van der Waals surface area (Å²) in [7, 11) is 0. The minimum absolute atomic E-state index is 0. The topological polar surface area (TPSA) is 64.4 Å². The molecule has 1 fully saturated rings. The number of nitrogens with one attached hydrogen (secondary N) is 1. The van der Waals surface area contributed by atoms with Crippen LogP contribution in [0.1, 0.15) is 64.0 Å². The molecule has 1 aliphatic heterocycles. The number of halogens is 1. The third kappa shape index (κ3) is 4.31. The lowest BCUT2D eigenvalue weighted by Crippen LogP contribution is -2.41. The lowest BCUT2D eigenvalue weighted by molar-refractivity contribution is -0.123. The van der Waals surface area contributed by atoms with Gasteiger partial charge in [-0.05, 0) is 50.8 Å². The van der Waals surface area contributed by atoms with Crippen molar-refractivity contribution < 1.29 is 9.53 Å². The fourth-order valence-corrected chi connectivity index (χ4v) is 3.73. The molecule has 1 aromatic carbocycles. The first kappa shape index (κ1) is 17.9. The molecule has 1 aromatic rings. The Kier molecular flexibility index (Phi) is 5.45. The monoisotopic (exact) mass is 338 g/mol. The van der Waals surface area contributed by atoms with Gasteiger partial charge in [-0.2, -0.15) is 0 Å². The van der Waals surface area contributed by atoms with Crippen LogP contribution in [0.4, 0.5) is 5.69 Å². The number of amides is 1. The summed E-state index contributed by atoms with van der Waals surface area (Å²) in [4.78, 5) is 12.4. The third-order valence-corrected chi connectivity index (χ3v) is 4.78. The third-order valence-electron chi connectivity index (χ3n) is 4.78. The van der Waals surface area contributed by atoms with Crippen LogP contribution in [-0.2, 0) is 4.79 Å². The van der Waals surface area contributed by atoms with Gasteiger partial charge >= 0.3 is 0 Å². The summed E-state index contributed by atoms with van der Waals surface area (Å²) >= 11 is 0. The Morgan fingerprint density at radius 1 is 1.35 bits per heavy atom. The number of ether oxygens (including phenoxy) is 1. The molecule has 2 aliphatic rings. The van der Waals surface area contributed by atoms with Gasteiger partial charge in [0.1, 0.15) is 11.4 Å². The zero-order valence-electron chi connectivity index (χ0n) is 13.9. The summed E-state index contributed by atoms with van der Waals surface area (Å²) in [6.45, 7) is 4.12. The summed E-state index contributed by atoms with van der Waals surface area (Å²) in [5, 5.41) is 3.21. The minimum atomic E-state index is -0.283. The van der Waals surface area contributed by atoms with E-state index in [0.717, 1.165) is 17.7 Å². The molecule has 0 aromatic heterocycles. The normalized spacial score (nSPS) is 22.6. The fraction of sp³-hybridized carbons (Fsp3) is 0.611. The summed E-state index contributed by atoms with van der Waals surface area (Å²) < 4.78 is 6.01. The second kappa shape index (κ2) is 7.00. The Hall–Kier alpha value is -1.42. The molecule has 1 amide bonds. The maximum absolute atomic E-state index is 12.4. The van der Waals surface area contributed by atoms with Gasteiger partial charge in [-0.15, -0.1) is 12.4 Å². The molecule has 0 bridgehead atoms. The Bertz CT molecular complexity index is 568. The van der Waals surface area contributed by atoms with Crippen molar-refractivity contribution in [1.82, 2.24) is 5.32 Å². The van der Waals surface area contributed by atoms with Gasteiger partial charge in [-0.25, -0.2) is 0 Å². The number of carbonyl (C=O) groups excluding carboxylic acids is 1. The molecule has 1 atom stereocenters. The van der Waals surface area contributed by atoms with Crippen molar-refractivity contribution in [3.63, 3.8) is 0 Å². The minimum Gasteiger partial charge on any atom is -0.487 e. The van der Waals surface area contributed by atoms with Crippen LogP contribution in [0.2, 0.25) is 0 Å². The van der Waals surface area contributed by atoms with E-state index in [0.29, 0.717) is 18.0 Å². The van der Waals surface area contributed by atoms with E-state index in [-0.39, 0.29) is 30.0 Å². The summed E-state index contributed by atoms with van der Waals surface area (Å²) in [6, 6.07) is 5.65. The molecule has 3 rings (SSSR count). The Balaban J connectivity index is 0.00000192. The van der Waals surface area contributed by atoms with Gasteiger partial charge in [-0.3, -0.25) is 4.79 Å². The Labute approximate surface area is 144 Å². The smallest absolute Gasteiger partial charge is 0.220 e. The van der Waals surface area contributed by atoms with Crippen molar-refractivity contribution in [2.45, 2.75) is 64.0 Å². The van der Waals surface area contributed by atoms with Crippen LogP contribution >= 0.6 is 12.4 Å². The predicted octanol–water partition coefficient (Wildman–Crippen LogP) is 3.99. The van der Waals surface area contributed by atoms with Crippen LogP contribution in [-0.4, -0.2) is 11.5 Å². The van der Waals surface area contributed by atoms with Crippen molar-refractivity contribution in [1.29, 1.82) is 0 Å². The number of anilines is 1. The predicted molar refractivity (Wildman–Crippen MR) is 94.9 cm³/mol. The van der Waals surface area contributed by atoms with E-state index >= 15 is 0 Å². The molecule has 4 nitrogen and oxygen atoms in total. The van der Waals surface area contributed by atoms with Crippen LogP contribution in [0, 0.1) is 5.92 Å². The molecule has 3 N–H and O–H groups in total. The van der Waals surface area contributed by atoms with Crippen LogP contribution in [0.3, 0.4) is 0 Å². The van der Waals surface area contributed by atoms with Crippen molar-refractivity contribution in [3.8, 4) is 5.75 Å². The standard InChI is InChI=1S/C18H26N2O2.ClH/c1-18(2)11-15(14-10-13(19)7-8-16(14)22-18)20-17(21)9-12-5-3-4-6-12;/h7-8,10,12,15H,3-6,9,11,19H2,1-2H3,(H,20,21);1H. The van der Waals surface area contributed by atoms with E-state index in [1.165, 1.54) is 25.7 Å². The van der Waals surface area contributed by atoms with Crippen LogP contribution in [0.25, 0.3) is 0 Å². The lowest BCUT2D eigenvalue weighted by Gasteiger charge is -2.38. The molecule has 0 radical (unpaired) electrons. The number of nitrogens with two attached hydrogens (primary N) is 1. The maximum Gasteiger partial charge on any atom is 0.220 e. The second-order valence-corrected chi connectivity index (χ2v) is 7.34. The van der Waals surface area contributed by atoms with Crippen molar-refractivity contribution >= 4 is 24.0 Å². The van der Waals surface area contributed by atoms with E-state index in [1.54, 1.807) is 0 Å². The van der Waals surface area contributed by atoms with Crippen LogP contribution < -0.4 is 15.8 Å². The van der Waals surface area contributed by atoms with Gasteiger partial charge in [0.15, 0.2) is 0 Å². The van der Waals surface area contributed by atoms with Gasteiger partial charge in [0, 0.05) is 24.1 Å². The number of hydrogen-bond donors (Lipinski definition) is 2. The molecule has 1 aliphatic carbocycles. The molecule has 0 saturated heterocycles. The highest BCUT2D eigenvalue weighted by atomic mass is 35.5. The zero-order chi connectivity index (χ0) is 15.7. The summed E-state index contributed by atoms with van der Waals surface area (Å²) in [5.41, 5.74) is 7.33. The van der Waals surface area contributed by atoms with Crippen molar-refractivity contribution in [2.24, 2.45) is 5.92 Å². The van der Waals surface area contributed by atoms with Gasteiger partial charge in [-0.1, -0.05) is 12.8 Å². The number of fused-ring (bicyclic) bond motifs is 1. The van der Waals surface area contributed by atoms with E-state index in [9.17, 15) is 4.79 Å². The average Bonchev–Trinajstić information content (AvgIpc) is 2.91. The van der Waals surface area contributed by atoms with E-state index in [4.69, 9.17) is 10.5 Å². The highest BCUT2D eigenvalue weighted by Gasteiger charge is 2.35. The molecule has 1 heterocycles. The quantitative estimate of drug-likeness (QED) is 0.819. The first-order valence-corrected chi connectivity index (χ1v) is 8.31. The lowest BCUT2D eigenvalue weighted by atomic mass is 9.89. The van der Waals surface area contributed by atoms with Crippen LogP contribution in [0.5, 0.6) is 5.75 Å². The van der Waals surface area contributed by atoms with Crippen molar-refractivity contribution in [2.75, 3.05) is 5.73 Å². The van der Waals surface area contributed by atoms with Gasteiger partial charge < -0.3 is 15.8 Å². The number of carbonyl (C=O) groups is 1. The Morgan fingerprint density at radius 3 is 2.74 bits per heavy atom. The molecule has 5 heteroatoms. The SMILES string of the molecule is CC1(C)CC(NC(=O)CC2CCCC2)c2cc(N)ccc2O1.Cl. The fourth-order valence-electron chi connectivity index (χ4n) is 3.73. The van der Waals surface area contributed by atoms with Crippen molar-refractivity contribution in [3.05, 3.63) is 23.8 Å². The molecule has 128 valence electrons. The second-order valence-electron chi connectivity index (χ2n) is 7.34. The van der Waals surface area contributed by atoms with Gasteiger partial charge in [0.2, 0.25) is 5.91 Å². The zero-order valence-corrected chi connectivity index (χ0v) is 14.7.